The number of fused-ring (bicyclic) bond motifs is 2. The molecule has 4 N–H and O–H groups in total. The second kappa shape index (κ2) is 20.7. The van der Waals surface area contributed by atoms with E-state index >= 15 is 0 Å². The molecule has 15 heteroatoms. The van der Waals surface area contributed by atoms with E-state index in [0.29, 0.717) is 42.4 Å². The third-order valence-electron chi connectivity index (χ3n) is 16.0. The van der Waals surface area contributed by atoms with Gasteiger partial charge in [-0.2, -0.15) is 0 Å². The van der Waals surface area contributed by atoms with E-state index in [-0.39, 0.29) is 47.8 Å². The minimum atomic E-state index is -0.976. The number of halogens is 1. The zero-order valence-electron chi connectivity index (χ0n) is 41.1. The molecule has 5 aromatic rings. The molecule has 0 bridgehead atoms. The number of benzene rings is 4. The molecule has 10 rings (SSSR count). The Kier molecular flexibility index (Phi) is 14.0. The molecule has 4 amide bonds. The highest BCUT2D eigenvalue weighted by atomic mass is 19.1. The molecule has 1 aromatic heterocycles. The normalized spacial score (nSPS) is 22.3. The van der Waals surface area contributed by atoms with Gasteiger partial charge in [0.15, 0.2) is 0 Å². The smallest absolute Gasteiger partial charge is 0.329 e. The van der Waals surface area contributed by atoms with Gasteiger partial charge in [-0.25, -0.2) is 9.18 Å². The second-order valence-electron chi connectivity index (χ2n) is 20.6. The van der Waals surface area contributed by atoms with Crippen molar-refractivity contribution in [3.8, 4) is 11.8 Å². The third-order valence-corrected chi connectivity index (χ3v) is 16.0. The molecule has 0 spiro atoms. The number of nitrogens with zero attached hydrogens (tertiary/aromatic N) is 5. The van der Waals surface area contributed by atoms with Gasteiger partial charge in [0.2, 0.25) is 17.7 Å². The van der Waals surface area contributed by atoms with Crippen molar-refractivity contribution in [3.05, 3.63) is 106 Å². The molecule has 1 unspecified atom stereocenters. The van der Waals surface area contributed by atoms with E-state index in [1.54, 1.807) is 11.6 Å². The number of piperidine rings is 4. The first kappa shape index (κ1) is 48.1. The summed E-state index contributed by atoms with van der Waals surface area (Å²) in [6.07, 6.45) is 5.20. The van der Waals surface area contributed by atoms with Crippen LogP contribution in [0.25, 0.3) is 21.8 Å². The summed E-state index contributed by atoms with van der Waals surface area (Å²) < 4.78 is 17.4. The highest BCUT2D eigenvalue weighted by Gasteiger charge is 2.34. The Hall–Kier alpha value is -6.50. The third kappa shape index (κ3) is 10.2. The van der Waals surface area contributed by atoms with Gasteiger partial charge in [0.1, 0.15) is 12.2 Å². The fraction of sp³-hybridized carbons (Fsp3) is 0.482. The number of alkyl halides is 1. The summed E-state index contributed by atoms with van der Waals surface area (Å²) in [5.74, 6) is 7.43. The van der Waals surface area contributed by atoms with Gasteiger partial charge in [0.05, 0.1) is 23.1 Å². The summed E-state index contributed by atoms with van der Waals surface area (Å²) in [6, 6.07) is 22.7. The first-order valence-electron chi connectivity index (χ1n) is 25.7. The average molecular weight is 964 g/mol. The predicted octanol–water partition coefficient (Wildman–Crippen LogP) is 6.21. The molecule has 4 aromatic carbocycles. The molecule has 71 heavy (non-hydrogen) atoms. The van der Waals surface area contributed by atoms with Crippen LogP contribution in [-0.2, 0) is 21.4 Å². The largest absolute Gasteiger partial charge is 0.378 e. The Bertz CT molecular complexity index is 2970. The summed E-state index contributed by atoms with van der Waals surface area (Å²) in [7, 11) is 1.71. The second-order valence-corrected chi connectivity index (χ2v) is 20.6. The van der Waals surface area contributed by atoms with Gasteiger partial charge in [0.25, 0.3) is 5.91 Å². The van der Waals surface area contributed by atoms with Gasteiger partial charge in [0, 0.05) is 93.6 Å². The van der Waals surface area contributed by atoms with Crippen LogP contribution in [0.15, 0.2) is 77.6 Å². The molecular weight excluding hydrogens is 898 g/mol. The molecule has 5 fully saturated rings. The van der Waals surface area contributed by atoms with E-state index in [1.165, 1.54) is 4.57 Å². The van der Waals surface area contributed by atoms with Crippen LogP contribution in [-0.4, -0.2) is 114 Å². The fourth-order valence-electron chi connectivity index (χ4n) is 11.7. The van der Waals surface area contributed by atoms with Crippen LogP contribution in [0.1, 0.15) is 97.4 Å². The lowest BCUT2D eigenvalue weighted by Gasteiger charge is -2.39. The Labute approximate surface area is 414 Å². The molecule has 0 aliphatic carbocycles. The van der Waals surface area contributed by atoms with Crippen LogP contribution in [0.4, 0.5) is 15.8 Å². The van der Waals surface area contributed by atoms with Crippen molar-refractivity contribution in [2.75, 3.05) is 69.1 Å². The summed E-state index contributed by atoms with van der Waals surface area (Å²) in [5.41, 5.74) is 6.29. The number of aromatic nitrogens is 2. The van der Waals surface area contributed by atoms with Gasteiger partial charge < -0.3 is 30.7 Å². The fourth-order valence-corrected chi connectivity index (χ4v) is 11.7. The number of aryl methyl sites for hydroxylation is 2. The maximum atomic E-state index is 14.3. The van der Waals surface area contributed by atoms with Crippen molar-refractivity contribution in [3.63, 3.8) is 0 Å². The van der Waals surface area contributed by atoms with E-state index < -0.39 is 18.1 Å². The van der Waals surface area contributed by atoms with Crippen molar-refractivity contribution in [1.29, 1.82) is 0 Å². The van der Waals surface area contributed by atoms with Crippen molar-refractivity contribution < 1.29 is 23.6 Å². The molecule has 6 heterocycles. The molecule has 5 saturated heterocycles. The maximum absolute atomic E-state index is 14.3. The Morgan fingerprint density at radius 1 is 0.831 bits per heavy atom. The number of hydrogen-bond acceptors (Lipinski definition) is 9. The molecule has 5 aliphatic heterocycles. The first-order chi connectivity index (χ1) is 34.4. The van der Waals surface area contributed by atoms with Crippen LogP contribution < -0.4 is 31.9 Å². The number of anilines is 2. The molecule has 5 aliphatic rings. The average Bonchev–Trinajstić information content (AvgIpc) is 3.90. The topological polar surface area (TPSA) is 153 Å². The van der Waals surface area contributed by atoms with Crippen molar-refractivity contribution >= 4 is 56.8 Å². The monoisotopic (exact) mass is 964 g/mol. The SMILES string of the molecule is Cc1ccc(N[C@H]2CNC[C@H]2F)cc1C(=O)N[C@H](C)c1ccc(C#CC2CCN(CC3CCN(C(=O)C4CCN(c5ccc6c(c5)n(C)c(=O)n6C5CCC(=O)NC5=O)CC4)CC3)CC2)c2ccccc12. The zero-order valence-corrected chi connectivity index (χ0v) is 41.1. The number of imide groups is 1. The van der Waals surface area contributed by atoms with Crippen molar-refractivity contribution in [2.45, 2.75) is 89.5 Å². The summed E-state index contributed by atoms with van der Waals surface area (Å²) in [4.78, 5) is 72.1. The molecular formula is C56H66FN9O5. The number of carbonyl (C=O) groups is 4. The van der Waals surface area contributed by atoms with E-state index in [2.05, 4.69) is 72.1 Å². The summed E-state index contributed by atoms with van der Waals surface area (Å²) in [5, 5.41) is 14.1. The first-order valence-corrected chi connectivity index (χ1v) is 25.7. The van der Waals surface area contributed by atoms with Gasteiger partial charge in [-0.3, -0.25) is 33.6 Å². The number of hydrogen-bond donors (Lipinski definition) is 4. The number of amides is 4. The van der Waals surface area contributed by atoms with Gasteiger partial charge in [-0.15, -0.1) is 0 Å². The number of nitrogens with one attached hydrogen (secondary N) is 4. The molecule has 372 valence electrons. The zero-order chi connectivity index (χ0) is 49.3. The van der Waals surface area contributed by atoms with E-state index in [4.69, 9.17) is 0 Å². The summed E-state index contributed by atoms with van der Waals surface area (Å²) >= 11 is 0. The van der Waals surface area contributed by atoms with Crippen LogP contribution >= 0.6 is 0 Å². The lowest BCUT2D eigenvalue weighted by Crippen LogP contribution is -2.47. The Morgan fingerprint density at radius 3 is 2.32 bits per heavy atom. The van der Waals surface area contributed by atoms with Crippen molar-refractivity contribution in [2.24, 2.45) is 24.8 Å². The van der Waals surface area contributed by atoms with E-state index in [9.17, 15) is 28.4 Å². The molecule has 14 nitrogen and oxygen atoms in total. The van der Waals surface area contributed by atoms with Gasteiger partial charge >= 0.3 is 5.69 Å². The van der Waals surface area contributed by atoms with E-state index in [0.717, 1.165) is 129 Å². The number of likely N-dealkylation sites (tertiary alicyclic amines) is 2. The summed E-state index contributed by atoms with van der Waals surface area (Å²) in [6.45, 7) is 11.0. The van der Waals surface area contributed by atoms with E-state index in [1.807, 2.05) is 62.4 Å². The predicted molar refractivity (Wildman–Crippen MR) is 275 cm³/mol. The van der Waals surface area contributed by atoms with Crippen LogP contribution in [0.5, 0.6) is 0 Å². The number of carbonyl (C=O) groups excluding carboxylic acids is 4. The Balaban J connectivity index is 0.676. The quantitative estimate of drug-likeness (QED) is 0.0946. The number of imidazole rings is 1. The minimum absolute atomic E-state index is 0.00693. The lowest BCUT2D eigenvalue weighted by atomic mass is 9.90. The minimum Gasteiger partial charge on any atom is -0.378 e. The standard InChI is InChI=1S/C56H66FN9O5/c1-35-8-12-41(60-48-33-58-32-47(48)57)30-46(35)53(68)59-36(2)43-14-11-39(44-6-4-5-7-45(43)44)10-9-37-18-24-63(25-19-37)34-38-20-26-65(27-21-38)55(70)40-22-28-64(29-23-40)42-13-15-49-51(31-42)62(3)56(71)66(49)50-16-17-52(67)61-54(50)69/h4-8,11-15,30-31,36-38,40,47-48,50,58,60H,16-29,32-34H2,1-3H3,(H,59,68)(H,61,67,69)/t36-,47-,48+,50?/m1/s1. The lowest BCUT2D eigenvalue weighted by molar-refractivity contribution is -0.138. The molecule has 4 atom stereocenters. The number of rotatable bonds is 10. The van der Waals surface area contributed by atoms with Crippen LogP contribution in [0, 0.1) is 36.5 Å². The Morgan fingerprint density at radius 2 is 1.59 bits per heavy atom. The van der Waals surface area contributed by atoms with Gasteiger partial charge in [-0.1, -0.05) is 48.2 Å². The van der Waals surface area contributed by atoms with Crippen LogP contribution in [0.2, 0.25) is 0 Å². The van der Waals surface area contributed by atoms with Crippen LogP contribution in [0.3, 0.4) is 0 Å². The molecule has 0 radical (unpaired) electrons. The van der Waals surface area contributed by atoms with Gasteiger partial charge in [-0.05, 0) is 136 Å². The molecule has 0 saturated carbocycles. The maximum Gasteiger partial charge on any atom is 0.329 e. The highest BCUT2D eigenvalue weighted by Crippen LogP contribution is 2.32. The highest BCUT2D eigenvalue weighted by molar-refractivity contribution is 6.00. The van der Waals surface area contributed by atoms with Crippen molar-refractivity contribution in [1.82, 2.24) is 34.9 Å².